The summed E-state index contributed by atoms with van der Waals surface area (Å²) in [6, 6.07) is 5.66. The summed E-state index contributed by atoms with van der Waals surface area (Å²) >= 11 is 0. The Labute approximate surface area is 101 Å². The van der Waals surface area contributed by atoms with E-state index in [1.807, 2.05) is 0 Å². The van der Waals surface area contributed by atoms with E-state index in [0.717, 1.165) is 0 Å². The quantitative estimate of drug-likeness (QED) is 0.455. The average molecular weight is 254 g/mol. The molecule has 0 aliphatic heterocycles. The molecule has 0 radical (unpaired) electrons. The van der Waals surface area contributed by atoms with Crippen LogP contribution in [0.1, 0.15) is 30.6 Å². The molecule has 0 atom stereocenters. The molecule has 0 heterocycles. The van der Waals surface area contributed by atoms with Crippen LogP contribution in [0, 0.1) is 0 Å². The maximum Gasteiger partial charge on any atom is 0.180 e. The maximum atomic E-state index is 11.8. The monoisotopic (exact) mass is 254 g/mol. The smallest absolute Gasteiger partial charge is 0.180 e. The number of ketones is 1. The fraction of sp³-hybridized carbons (Fsp3) is 0.333. The summed E-state index contributed by atoms with van der Waals surface area (Å²) in [5.41, 5.74) is 0.347. The van der Waals surface area contributed by atoms with Gasteiger partial charge in [0.05, 0.1) is 16.6 Å². The lowest BCUT2D eigenvalue weighted by molar-refractivity contribution is -0.107. The van der Waals surface area contributed by atoms with Gasteiger partial charge in [0.2, 0.25) is 0 Å². The van der Waals surface area contributed by atoms with Gasteiger partial charge in [0.25, 0.3) is 0 Å². The van der Waals surface area contributed by atoms with Crippen LogP contribution in [0.25, 0.3) is 0 Å². The van der Waals surface area contributed by atoms with Crippen LogP contribution >= 0.6 is 0 Å². The van der Waals surface area contributed by atoms with Crippen molar-refractivity contribution < 1.29 is 18.0 Å². The van der Waals surface area contributed by atoms with Crippen LogP contribution in [0.15, 0.2) is 29.2 Å². The van der Waals surface area contributed by atoms with E-state index in [2.05, 4.69) is 0 Å². The predicted molar refractivity (Wildman–Crippen MR) is 63.8 cm³/mol. The third-order valence-electron chi connectivity index (χ3n) is 2.39. The molecule has 0 saturated heterocycles. The topological polar surface area (TPSA) is 68.3 Å². The van der Waals surface area contributed by atoms with Crippen molar-refractivity contribution in [1.82, 2.24) is 0 Å². The number of rotatable bonds is 5. The molecule has 1 aromatic carbocycles. The second-order valence-electron chi connectivity index (χ2n) is 3.91. The summed E-state index contributed by atoms with van der Waals surface area (Å²) in [5.74, 6) is -0.312. The van der Waals surface area contributed by atoms with Crippen molar-refractivity contribution >= 4 is 21.9 Å². The summed E-state index contributed by atoms with van der Waals surface area (Å²) < 4.78 is 23.6. The lowest BCUT2D eigenvalue weighted by atomic mass is 10.1. The van der Waals surface area contributed by atoms with Crippen molar-refractivity contribution in [2.45, 2.75) is 30.4 Å². The van der Waals surface area contributed by atoms with E-state index in [1.165, 1.54) is 24.3 Å². The normalized spacial score (nSPS) is 11.5. The molecule has 0 amide bonds. The Hall–Kier alpha value is -1.49. The van der Waals surface area contributed by atoms with Gasteiger partial charge in [-0.3, -0.25) is 4.79 Å². The first kappa shape index (κ1) is 13.6. The number of carbonyl (C=O) groups is 2. The number of Topliss-reactive ketones (excluding diaryl/α,β-unsaturated/α-hetero) is 1. The minimum atomic E-state index is -3.31. The first-order valence-electron chi connectivity index (χ1n) is 5.20. The van der Waals surface area contributed by atoms with Crippen molar-refractivity contribution in [1.29, 1.82) is 0 Å². The van der Waals surface area contributed by atoms with E-state index in [-0.39, 0.29) is 17.1 Å². The zero-order valence-corrected chi connectivity index (χ0v) is 10.5. The summed E-state index contributed by atoms with van der Waals surface area (Å²) in [6.45, 7) is 3.20. The van der Waals surface area contributed by atoms with Crippen LogP contribution < -0.4 is 0 Å². The fourth-order valence-electron chi connectivity index (χ4n) is 1.30. The summed E-state index contributed by atoms with van der Waals surface area (Å²) in [5, 5.41) is -0.501. The van der Waals surface area contributed by atoms with Crippen LogP contribution in [0.3, 0.4) is 0 Å². The molecule has 0 N–H and O–H groups in total. The first-order chi connectivity index (χ1) is 7.89. The van der Waals surface area contributed by atoms with Crippen molar-refractivity contribution in [3.8, 4) is 0 Å². The molecular formula is C12H14O4S. The van der Waals surface area contributed by atoms with Gasteiger partial charge in [0.1, 0.15) is 6.29 Å². The minimum absolute atomic E-state index is 0.184. The first-order valence-corrected chi connectivity index (χ1v) is 6.75. The number of hydrogen-bond donors (Lipinski definition) is 0. The largest absolute Gasteiger partial charge is 0.303 e. The summed E-state index contributed by atoms with van der Waals surface area (Å²) in [4.78, 5) is 21.7. The number of aldehydes is 1. The SMILES string of the molecule is CC(C)S(=O)(=O)c1ccc(C(=O)CC=O)cc1. The molecule has 0 aromatic heterocycles. The summed E-state index contributed by atoms with van der Waals surface area (Å²) in [6.07, 6.45) is 0.345. The molecule has 0 aliphatic carbocycles. The molecule has 92 valence electrons. The van der Waals surface area contributed by atoms with Gasteiger partial charge >= 0.3 is 0 Å². The van der Waals surface area contributed by atoms with E-state index < -0.39 is 15.1 Å². The van der Waals surface area contributed by atoms with Crippen LogP contribution in [-0.2, 0) is 14.6 Å². The van der Waals surface area contributed by atoms with Gasteiger partial charge in [-0.2, -0.15) is 0 Å². The van der Waals surface area contributed by atoms with Gasteiger partial charge < -0.3 is 4.79 Å². The molecule has 0 bridgehead atoms. The second-order valence-corrected chi connectivity index (χ2v) is 6.42. The third-order valence-corrected chi connectivity index (χ3v) is 4.56. The zero-order valence-electron chi connectivity index (χ0n) is 9.71. The lowest BCUT2D eigenvalue weighted by Crippen LogP contribution is -2.14. The molecule has 4 nitrogen and oxygen atoms in total. The Morgan fingerprint density at radius 3 is 2.18 bits per heavy atom. The number of hydrogen-bond acceptors (Lipinski definition) is 4. The fourth-order valence-corrected chi connectivity index (χ4v) is 2.36. The van der Waals surface area contributed by atoms with E-state index in [1.54, 1.807) is 13.8 Å². The molecule has 17 heavy (non-hydrogen) atoms. The van der Waals surface area contributed by atoms with E-state index >= 15 is 0 Å². The van der Waals surface area contributed by atoms with Crippen LogP contribution in [-0.4, -0.2) is 25.7 Å². The molecule has 0 spiro atoms. The highest BCUT2D eigenvalue weighted by Crippen LogP contribution is 2.16. The zero-order chi connectivity index (χ0) is 13.1. The van der Waals surface area contributed by atoms with Crippen molar-refractivity contribution in [3.05, 3.63) is 29.8 Å². The number of benzene rings is 1. The van der Waals surface area contributed by atoms with Gasteiger partial charge in [-0.15, -0.1) is 0 Å². The van der Waals surface area contributed by atoms with Crippen molar-refractivity contribution in [2.24, 2.45) is 0 Å². The van der Waals surface area contributed by atoms with Gasteiger partial charge in [0, 0.05) is 5.56 Å². The molecule has 1 rings (SSSR count). The molecule has 0 fully saturated rings. The Kier molecular flexibility index (Phi) is 4.17. The Morgan fingerprint density at radius 2 is 1.76 bits per heavy atom. The highest BCUT2D eigenvalue weighted by atomic mass is 32.2. The highest BCUT2D eigenvalue weighted by Gasteiger charge is 2.19. The van der Waals surface area contributed by atoms with E-state index in [4.69, 9.17) is 0 Å². The van der Waals surface area contributed by atoms with Crippen LogP contribution in [0.4, 0.5) is 0 Å². The van der Waals surface area contributed by atoms with Crippen LogP contribution in [0.2, 0.25) is 0 Å². The molecule has 0 unspecified atom stereocenters. The van der Waals surface area contributed by atoms with E-state index in [0.29, 0.717) is 11.8 Å². The molecule has 0 saturated carbocycles. The van der Waals surface area contributed by atoms with Gasteiger partial charge in [0.15, 0.2) is 15.6 Å². The highest BCUT2D eigenvalue weighted by molar-refractivity contribution is 7.92. The minimum Gasteiger partial charge on any atom is -0.303 e. The second kappa shape index (κ2) is 5.23. The molecular weight excluding hydrogens is 240 g/mol. The Balaban J connectivity index is 3.04. The predicted octanol–water partition coefficient (Wildman–Crippen LogP) is 1.64. The maximum absolute atomic E-state index is 11.8. The Bertz CT molecular complexity index is 512. The molecule has 0 aliphatic rings. The molecule has 5 heteroatoms. The van der Waals surface area contributed by atoms with Crippen LogP contribution in [0.5, 0.6) is 0 Å². The van der Waals surface area contributed by atoms with Gasteiger partial charge in [-0.05, 0) is 26.0 Å². The number of sulfone groups is 1. The van der Waals surface area contributed by atoms with Gasteiger partial charge in [-0.25, -0.2) is 8.42 Å². The molecule has 1 aromatic rings. The van der Waals surface area contributed by atoms with Gasteiger partial charge in [-0.1, -0.05) is 12.1 Å². The number of carbonyl (C=O) groups excluding carboxylic acids is 2. The average Bonchev–Trinajstić information content (AvgIpc) is 2.29. The van der Waals surface area contributed by atoms with Crippen molar-refractivity contribution in [2.75, 3.05) is 0 Å². The standard InChI is InChI=1S/C12H14O4S/c1-9(2)17(15,16)11-5-3-10(4-6-11)12(14)7-8-13/h3-6,8-9H,7H2,1-2H3. The lowest BCUT2D eigenvalue weighted by Gasteiger charge is -2.07. The van der Waals surface area contributed by atoms with Crippen molar-refractivity contribution in [3.63, 3.8) is 0 Å². The third kappa shape index (κ3) is 3.00. The Morgan fingerprint density at radius 1 is 1.24 bits per heavy atom. The summed E-state index contributed by atoms with van der Waals surface area (Å²) in [7, 11) is -3.31. The van der Waals surface area contributed by atoms with E-state index in [9.17, 15) is 18.0 Å².